The van der Waals surface area contributed by atoms with Crippen molar-refractivity contribution in [3.8, 4) is 0 Å². The fourth-order valence-corrected chi connectivity index (χ4v) is 2.91. The van der Waals surface area contributed by atoms with E-state index in [4.69, 9.17) is 16.3 Å². The summed E-state index contributed by atoms with van der Waals surface area (Å²) < 4.78 is 7.86. The Morgan fingerprint density at radius 2 is 2.22 bits per heavy atom. The van der Waals surface area contributed by atoms with Gasteiger partial charge in [0, 0.05) is 29.2 Å². The number of nitrogens with one attached hydrogen (secondary N) is 1. The van der Waals surface area contributed by atoms with Crippen LogP contribution >= 0.6 is 27.5 Å². The summed E-state index contributed by atoms with van der Waals surface area (Å²) >= 11 is 9.59. The molecule has 1 N–H and O–H groups in total. The minimum atomic E-state index is 0.428. The number of halogens is 2. The van der Waals surface area contributed by atoms with Gasteiger partial charge in [0.25, 0.3) is 5.78 Å². The molecule has 6 nitrogen and oxygen atoms in total. The highest BCUT2D eigenvalue weighted by Gasteiger charge is 2.08. The molecular weight excluding hydrogens is 382 g/mol. The predicted octanol–water partition coefficient (Wildman–Crippen LogP) is 3.34. The number of hydrogen-bond acceptors (Lipinski definition) is 5. The van der Waals surface area contributed by atoms with Gasteiger partial charge in [-0.25, -0.2) is 4.98 Å². The van der Waals surface area contributed by atoms with E-state index in [2.05, 4.69) is 36.3 Å². The summed E-state index contributed by atoms with van der Waals surface area (Å²) in [6.07, 6.45) is 2.30. The predicted molar refractivity (Wildman–Crippen MR) is 92.8 cm³/mol. The van der Waals surface area contributed by atoms with Gasteiger partial charge in [-0.15, -0.1) is 0 Å². The number of ether oxygens (including phenoxy) is 1. The van der Waals surface area contributed by atoms with Crippen LogP contribution in [0.4, 0.5) is 5.82 Å². The van der Waals surface area contributed by atoms with Gasteiger partial charge in [-0.3, -0.25) is 0 Å². The Morgan fingerprint density at radius 3 is 3.04 bits per heavy atom. The van der Waals surface area contributed by atoms with Gasteiger partial charge >= 0.3 is 0 Å². The number of hydrogen-bond donors (Lipinski definition) is 1. The highest BCUT2D eigenvalue weighted by molar-refractivity contribution is 9.10. The van der Waals surface area contributed by atoms with Crippen LogP contribution in [-0.4, -0.2) is 33.2 Å². The first kappa shape index (κ1) is 16.2. The number of rotatable bonds is 6. The van der Waals surface area contributed by atoms with Crippen LogP contribution in [0, 0.1) is 0 Å². The molecule has 3 rings (SSSR count). The Bertz CT molecular complexity index is 823. The molecule has 2 aromatic heterocycles. The fraction of sp³-hybridized carbons (Fsp3) is 0.267. The number of nitrogens with zero attached hydrogens (tertiary/aromatic N) is 4. The van der Waals surface area contributed by atoms with Crippen molar-refractivity contribution in [2.75, 3.05) is 19.0 Å². The summed E-state index contributed by atoms with van der Waals surface area (Å²) in [5.74, 6) is 1.38. The number of aromatic nitrogens is 4. The zero-order valence-corrected chi connectivity index (χ0v) is 14.8. The second-order valence-electron chi connectivity index (χ2n) is 4.95. The van der Waals surface area contributed by atoms with Crippen molar-refractivity contribution in [2.45, 2.75) is 13.0 Å². The van der Waals surface area contributed by atoms with Crippen LogP contribution in [0.2, 0.25) is 5.02 Å². The summed E-state index contributed by atoms with van der Waals surface area (Å²) in [7, 11) is 1.64. The maximum atomic E-state index is 6.05. The van der Waals surface area contributed by atoms with Crippen LogP contribution in [0.3, 0.4) is 0 Å². The third-order valence-corrected chi connectivity index (χ3v) is 4.31. The van der Waals surface area contributed by atoms with Crippen molar-refractivity contribution >= 4 is 39.1 Å². The number of anilines is 1. The molecular formula is C15H15BrClN5O. The molecule has 0 unspecified atom stereocenters. The smallest absolute Gasteiger partial charge is 0.254 e. The molecule has 1 aromatic carbocycles. The first-order valence-corrected chi connectivity index (χ1v) is 8.21. The van der Waals surface area contributed by atoms with Crippen LogP contribution in [0.15, 0.2) is 35.1 Å². The molecule has 0 aliphatic carbocycles. The van der Waals surface area contributed by atoms with Gasteiger partial charge in [-0.1, -0.05) is 27.5 Å². The second-order valence-corrected chi connectivity index (χ2v) is 6.24. The Hall–Kier alpha value is -1.70. The lowest BCUT2D eigenvalue weighted by atomic mass is 10.1. The Balaban J connectivity index is 1.76. The third-order valence-electron chi connectivity index (χ3n) is 3.31. The van der Waals surface area contributed by atoms with E-state index in [9.17, 15) is 0 Å². The van der Waals surface area contributed by atoms with Crippen molar-refractivity contribution in [3.63, 3.8) is 0 Å². The van der Waals surface area contributed by atoms with Gasteiger partial charge in [0.05, 0.1) is 12.3 Å². The van der Waals surface area contributed by atoms with Gasteiger partial charge in [-0.2, -0.15) is 14.6 Å². The molecule has 8 heteroatoms. The normalized spacial score (nSPS) is 11.1. The van der Waals surface area contributed by atoms with Crippen LogP contribution in [0.25, 0.3) is 5.78 Å². The first-order chi connectivity index (χ1) is 11.2. The lowest BCUT2D eigenvalue weighted by Gasteiger charge is -2.10. The zero-order chi connectivity index (χ0) is 16.2. The average molecular weight is 397 g/mol. The molecule has 0 fully saturated rings. The summed E-state index contributed by atoms with van der Waals surface area (Å²) in [5.41, 5.74) is 1.95. The topological polar surface area (TPSA) is 64.3 Å². The van der Waals surface area contributed by atoms with Crippen molar-refractivity contribution in [1.29, 1.82) is 0 Å². The van der Waals surface area contributed by atoms with Crippen molar-refractivity contribution in [1.82, 2.24) is 19.6 Å². The van der Waals surface area contributed by atoms with E-state index in [0.29, 0.717) is 12.4 Å². The molecule has 0 amide bonds. The Labute approximate surface area is 147 Å². The molecule has 0 spiro atoms. The minimum absolute atomic E-state index is 0.428. The maximum absolute atomic E-state index is 6.05. The molecule has 0 atom stereocenters. The SMILES string of the molecule is COCc1cc(NCCc2cc(Cl)ccc2Br)n2ncnc2n1. The van der Waals surface area contributed by atoms with Gasteiger partial charge in [0.15, 0.2) is 0 Å². The number of fused-ring (bicyclic) bond motifs is 1. The fourth-order valence-electron chi connectivity index (χ4n) is 2.27. The second kappa shape index (κ2) is 7.25. The van der Waals surface area contributed by atoms with Gasteiger partial charge in [-0.05, 0) is 30.2 Å². The Morgan fingerprint density at radius 1 is 1.35 bits per heavy atom. The monoisotopic (exact) mass is 395 g/mol. The van der Waals surface area contributed by atoms with Gasteiger partial charge < -0.3 is 10.1 Å². The summed E-state index contributed by atoms with van der Waals surface area (Å²) in [6, 6.07) is 7.69. The lowest BCUT2D eigenvalue weighted by Crippen LogP contribution is -2.11. The van der Waals surface area contributed by atoms with Crippen LogP contribution in [0.5, 0.6) is 0 Å². The molecule has 3 aromatic rings. The average Bonchev–Trinajstić information content (AvgIpc) is 2.99. The largest absolute Gasteiger partial charge is 0.378 e. The molecule has 0 aliphatic heterocycles. The van der Waals surface area contributed by atoms with E-state index in [0.717, 1.165) is 39.5 Å². The molecule has 0 aliphatic rings. The standard InChI is InChI=1S/C15H15BrClN5O/c1-23-8-12-7-14(22-15(21-12)19-9-20-22)18-5-4-10-6-11(17)2-3-13(10)16/h2-3,6-7,9,18H,4-5,8H2,1H3. The molecule has 120 valence electrons. The molecule has 0 bridgehead atoms. The summed E-state index contributed by atoms with van der Waals surface area (Å²) in [6.45, 7) is 1.15. The molecule has 0 saturated carbocycles. The Kier molecular flexibility index (Phi) is 5.09. The third kappa shape index (κ3) is 3.80. The molecule has 23 heavy (non-hydrogen) atoms. The van der Waals surface area contributed by atoms with E-state index < -0.39 is 0 Å². The summed E-state index contributed by atoms with van der Waals surface area (Å²) in [4.78, 5) is 8.51. The number of benzene rings is 1. The number of methoxy groups -OCH3 is 1. The van der Waals surface area contributed by atoms with E-state index in [1.54, 1.807) is 11.6 Å². The molecule has 0 radical (unpaired) electrons. The van der Waals surface area contributed by atoms with Crippen molar-refractivity contribution in [3.05, 3.63) is 51.3 Å². The van der Waals surface area contributed by atoms with E-state index in [1.807, 2.05) is 24.3 Å². The molecule has 0 saturated heterocycles. The van der Waals surface area contributed by atoms with Crippen molar-refractivity contribution in [2.24, 2.45) is 0 Å². The summed E-state index contributed by atoms with van der Waals surface area (Å²) in [5, 5.41) is 8.29. The van der Waals surface area contributed by atoms with Crippen LogP contribution in [0.1, 0.15) is 11.3 Å². The van der Waals surface area contributed by atoms with Gasteiger partial charge in [0.2, 0.25) is 0 Å². The highest BCUT2D eigenvalue weighted by atomic mass is 79.9. The first-order valence-electron chi connectivity index (χ1n) is 7.04. The quantitative estimate of drug-likeness (QED) is 0.692. The minimum Gasteiger partial charge on any atom is -0.378 e. The zero-order valence-electron chi connectivity index (χ0n) is 12.5. The van der Waals surface area contributed by atoms with E-state index in [-0.39, 0.29) is 0 Å². The van der Waals surface area contributed by atoms with Crippen LogP contribution < -0.4 is 5.32 Å². The highest BCUT2D eigenvalue weighted by Crippen LogP contribution is 2.21. The van der Waals surface area contributed by atoms with E-state index >= 15 is 0 Å². The van der Waals surface area contributed by atoms with Crippen molar-refractivity contribution < 1.29 is 4.74 Å². The molecule has 2 heterocycles. The van der Waals surface area contributed by atoms with Gasteiger partial charge in [0.1, 0.15) is 12.1 Å². The van der Waals surface area contributed by atoms with E-state index in [1.165, 1.54) is 6.33 Å². The maximum Gasteiger partial charge on any atom is 0.254 e. The van der Waals surface area contributed by atoms with Crippen LogP contribution in [-0.2, 0) is 17.8 Å². The lowest BCUT2D eigenvalue weighted by molar-refractivity contribution is 0.181.